The minimum absolute atomic E-state index is 0.196. The highest BCUT2D eigenvalue weighted by Crippen LogP contribution is 2.34. The molecule has 2 heterocycles. The van der Waals surface area contributed by atoms with E-state index in [2.05, 4.69) is 4.98 Å². The molecule has 3 rings (SSSR count). The van der Waals surface area contributed by atoms with Crippen LogP contribution in [0.25, 0.3) is 0 Å². The molecule has 86 valence electrons. The summed E-state index contributed by atoms with van der Waals surface area (Å²) in [6, 6.07) is 9.39. The molecule has 1 aromatic carbocycles. The fraction of sp³-hybridized carbons (Fsp3) is 0.154. The van der Waals surface area contributed by atoms with E-state index >= 15 is 0 Å². The Kier molecular flexibility index (Phi) is 2.42. The number of nitrogens with two attached hydrogens (primary N) is 1. The van der Waals surface area contributed by atoms with E-state index in [1.165, 1.54) is 0 Å². The van der Waals surface area contributed by atoms with Gasteiger partial charge in [0, 0.05) is 12.4 Å². The molecule has 1 aromatic heterocycles. The fourth-order valence-electron chi connectivity index (χ4n) is 1.86. The molecule has 0 saturated heterocycles. The quantitative estimate of drug-likeness (QED) is 0.852. The third kappa shape index (κ3) is 1.83. The van der Waals surface area contributed by atoms with Gasteiger partial charge in [-0.05, 0) is 29.3 Å². The molecule has 2 N–H and O–H groups in total. The van der Waals surface area contributed by atoms with Gasteiger partial charge in [-0.15, -0.1) is 0 Å². The molecule has 4 nitrogen and oxygen atoms in total. The summed E-state index contributed by atoms with van der Waals surface area (Å²) in [4.78, 5) is 4.07. The Balaban J connectivity index is 1.94. The molecular formula is C13H12N2O2. The standard InChI is InChI=1S/C13H12N2O2/c14-13(10-2-1-5-15-7-10)9-3-4-11-12(6-9)17-8-16-11/h1-7,13H,8,14H2. The van der Waals surface area contributed by atoms with E-state index in [0.717, 1.165) is 22.6 Å². The first-order valence-corrected chi connectivity index (χ1v) is 5.39. The van der Waals surface area contributed by atoms with E-state index in [-0.39, 0.29) is 12.8 Å². The van der Waals surface area contributed by atoms with Crippen LogP contribution in [0.3, 0.4) is 0 Å². The Hall–Kier alpha value is -2.07. The smallest absolute Gasteiger partial charge is 0.231 e. The largest absolute Gasteiger partial charge is 0.454 e. The zero-order chi connectivity index (χ0) is 11.7. The van der Waals surface area contributed by atoms with Crippen LogP contribution in [0.5, 0.6) is 11.5 Å². The highest BCUT2D eigenvalue weighted by Gasteiger charge is 2.16. The first-order valence-electron chi connectivity index (χ1n) is 5.39. The van der Waals surface area contributed by atoms with Crippen LogP contribution in [0.2, 0.25) is 0 Å². The van der Waals surface area contributed by atoms with Crippen LogP contribution in [0.4, 0.5) is 0 Å². The van der Waals surface area contributed by atoms with Gasteiger partial charge in [0.1, 0.15) is 0 Å². The van der Waals surface area contributed by atoms with Gasteiger partial charge in [-0.3, -0.25) is 4.98 Å². The monoisotopic (exact) mass is 228 g/mol. The maximum Gasteiger partial charge on any atom is 0.231 e. The third-order valence-corrected chi connectivity index (χ3v) is 2.80. The first kappa shape index (κ1) is 10.1. The van der Waals surface area contributed by atoms with Gasteiger partial charge in [-0.25, -0.2) is 0 Å². The second-order valence-electron chi connectivity index (χ2n) is 3.88. The molecule has 0 saturated carbocycles. The Morgan fingerprint density at radius 1 is 1.12 bits per heavy atom. The van der Waals surface area contributed by atoms with Crippen LogP contribution < -0.4 is 15.2 Å². The number of fused-ring (bicyclic) bond motifs is 1. The van der Waals surface area contributed by atoms with E-state index in [4.69, 9.17) is 15.2 Å². The summed E-state index contributed by atoms with van der Waals surface area (Å²) in [7, 11) is 0. The van der Waals surface area contributed by atoms with Crippen LogP contribution in [0.1, 0.15) is 17.2 Å². The van der Waals surface area contributed by atoms with Gasteiger partial charge in [0.25, 0.3) is 0 Å². The third-order valence-electron chi connectivity index (χ3n) is 2.80. The van der Waals surface area contributed by atoms with Gasteiger partial charge in [-0.1, -0.05) is 12.1 Å². The van der Waals surface area contributed by atoms with Crippen molar-refractivity contribution in [1.82, 2.24) is 4.98 Å². The van der Waals surface area contributed by atoms with Gasteiger partial charge in [-0.2, -0.15) is 0 Å². The number of hydrogen-bond acceptors (Lipinski definition) is 4. The van der Waals surface area contributed by atoms with Crippen molar-refractivity contribution in [3.8, 4) is 11.5 Å². The predicted molar refractivity (Wildman–Crippen MR) is 62.8 cm³/mol. The zero-order valence-electron chi connectivity index (χ0n) is 9.17. The molecule has 1 atom stereocenters. The van der Waals surface area contributed by atoms with E-state index in [9.17, 15) is 0 Å². The van der Waals surface area contributed by atoms with Crippen molar-refractivity contribution < 1.29 is 9.47 Å². The fourth-order valence-corrected chi connectivity index (χ4v) is 1.86. The van der Waals surface area contributed by atoms with Crippen molar-refractivity contribution in [2.75, 3.05) is 6.79 Å². The van der Waals surface area contributed by atoms with Gasteiger partial charge in [0.2, 0.25) is 6.79 Å². The van der Waals surface area contributed by atoms with E-state index < -0.39 is 0 Å². The van der Waals surface area contributed by atoms with Gasteiger partial charge >= 0.3 is 0 Å². The average molecular weight is 228 g/mol. The minimum Gasteiger partial charge on any atom is -0.454 e. The van der Waals surface area contributed by atoms with E-state index in [1.54, 1.807) is 12.4 Å². The summed E-state index contributed by atoms with van der Waals surface area (Å²) >= 11 is 0. The molecule has 0 aliphatic carbocycles. The van der Waals surface area contributed by atoms with Crippen molar-refractivity contribution in [3.63, 3.8) is 0 Å². The second-order valence-corrected chi connectivity index (χ2v) is 3.88. The normalized spacial score (nSPS) is 14.6. The molecule has 0 fully saturated rings. The predicted octanol–water partition coefficient (Wildman–Crippen LogP) is 1.86. The molecule has 1 unspecified atom stereocenters. The average Bonchev–Trinajstić information content (AvgIpc) is 2.86. The molecule has 17 heavy (non-hydrogen) atoms. The number of aromatic nitrogens is 1. The number of rotatable bonds is 2. The second kappa shape index (κ2) is 4.07. The van der Waals surface area contributed by atoms with Crippen molar-refractivity contribution in [2.45, 2.75) is 6.04 Å². The highest BCUT2D eigenvalue weighted by molar-refractivity contribution is 5.46. The maximum atomic E-state index is 6.17. The highest BCUT2D eigenvalue weighted by atomic mass is 16.7. The molecule has 0 spiro atoms. The van der Waals surface area contributed by atoms with Gasteiger partial charge in [0.05, 0.1) is 6.04 Å². The Bertz CT molecular complexity index is 528. The minimum atomic E-state index is -0.196. The van der Waals surface area contributed by atoms with Crippen LogP contribution in [-0.4, -0.2) is 11.8 Å². The summed E-state index contributed by atoms with van der Waals surface area (Å²) in [6.07, 6.45) is 3.51. The lowest BCUT2D eigenvalue weighted by molar-refractivity contribution is 0.174. The zero-order valence-corrected chi connectivity index (χ0v) is 9.17. The molecule has 1 aliphatic rings. The molecule has 2 aromatic rings. The number of ether oxygens (including phenoxy) is 2. The lowest BCUT2D eigenvalue weighted by Gasteiger charge is -2.12. The summed E-state index contributed by atoms with van der Waals surface area (Å²) in [6.45, 7) is 0.279. The van der Waals surface area contributed by atoms with Crippen LogP contribution in [-0.2, 0) is 0 Å². The summed E-state index contributed by atoms with van der Waals surface area (Å²) in [5.41, 5.74) is 8.14. The van der Waals surface area contributed by atoms with Crippen LogP contribution >= 0.6 is 0 Å². The van der Waals surface area contributed by atoms with Crippen LogP contribution in [0, 0.1) is 0 Å². The Labute approximate surface area is 99.0 Å². The number of nitrogens with zero attached hydrogens (tertiary/aromatic N) is 1. The SMILES string of the molecule is NC(c1cccnc1)c1ccc2c(c1)OCO2. The number of pyridine rings is 1. The topological polar surface area (TPSA) is 57.4 Å². The molecule has 0 bridgehead atoms. The number of benzene rings is 1. The van der Waals surface area contributed by atoms with Gasteiger partial charge in [0.15, 0.2) is 11.5 Å². The molecule has 1 aliphatic heterocycles. The summed E-state index contributed by atoms with van der Waals surface area (Å²) < 4.78 is 10.6. The lowest BCUT2D eigenvalue weighted by atomic mass is 10.0. The summed E-state index contributed by atoms with van der Waals surface area (Å²) in [5.74, 6) is 1.52. The van der Waals surface area contributed by atoms with E-state index in [0.29, 0.717) is 0 Å². The van der Waals surface area contributed by atoms with Crippen molar-refractivity contribution in [1.29, 1.82) is 0 Å². The van der Waals surface area contributed by atoms with Crippen molar-refractivity contribution in [3.05, 3.63) is 53.9 Å². The Morgan fingerprint density at radius 3 is 2.82 bits per heavy atom. The van der Waals surface area contributed by atoms with Crippen molar-refractivity contribution in [2.24, 2.45) is 5.73 Å². The first-order chi connectivity index (χ1) is 8.34. The number of hydrogen-bond donors (Lipinski definition) is 1. The lowest BCUT2D eigenvalue weighted by Crippen LogP contribution is -2.11. The molecule has 4 heteroatoms. The summed E-state index contributed by atoms with van der Waals surface area (Å²) in [5, 5.41) is 0. The van der Waals surface area contributed by atoms with Crippen LogP contribution in [0.15, 0.2) is 42.7 Å². The van der Waals surface area contributed by atoms with E-state index in [1.807, 2.05) is 30.3 Å². The maximum absolute atomic E-state index is 6.17. The Morgan fingerprint density at radius 2 is 2.00 bits per heavy atom. The van der Waals surface area contributed by atoms with Gasteiger partial charge < -0.3 is 15.2 Å². The van der Waals surface area contributed by atoms with Crippen molar-refractivity contribution >= 4 is 0 Å². The molecule has 0 radical (unpaired) electrons. The molecular weight excluding hydrogens is 216 g/mol. The molecule has 0 amide bonds.